The van der Waals surface area contributed by atoms with Crippen LogP contribution in [0.1, 0.15) is 37.2 Å². The lowest BCUT2D eigenvalue weighted by atomic mass is 10.1. The zero-order valence-corrected chi connectivity index (χ0v) is 16.7. The van der Waals surface area contributed by atoms with E-state index in [0.717, 1.165) is 34.8 Å². The van der Waals surface area contributed by atoms with Gasteiger partial charge in [-0.3, -0.25) is 9.69 Å². The summed E-state index contributed by atoms with van der Waals surface area (Å²) in [7, 11) is 0. The highest BCUT2D eigenvalue weighted by atomic mass is 16.5. The topological polar surface area (TPSA) is 104 Å². The lowest BCUT2D eigenvalue weighted by Gasteiger charge is -2.12. The zero-order valence-electron chi connectivity index (χ0n) is 16.7. The SMILES string of the molecule is Cc1cc(C=C(C#N)C(=O)OCC(=O)N2CCNC2=O)c(C)n1CCC(C)C. The number of ether oxygens (including phenoxy) is 1. The number of nitrogens with one attached hydrogen (secondary N) is 1. The van der Waals surface area contributed by atoms with Gasteiger partial charge < -0.3 is 14.6 Å². The molecule has 3 amide bonds. The van der Waals surface area contributed by atoms with Crippen molar-refractivity contribution in [2.75, 3.05) is 19.7 Å². The van der Waals surface area contributed by atoms with Gasteiger partial charge in [0, 0.05) is 31.0 Å². The Balaban J connectivity index is 2.07. The van der Waals surface area contributed by atoms with Crippen molar-refractivity contribution in [2.24, 2.45) is 5.92 Å². The fourth-order valence-electron chi connectivity index (χ4n) is 2.99. The summed E-state index contributed by atoms with van der Waals surface area (Å²) in [5, 5.41) is 11.8. The van der Waals surface area contributed by atoms with Crippen LogP contribution in [0, 0.1) is 31.1 Å². The molecule has 0 saturated carbocycles. The number of aromatic nitrogens is 1. The van der Waals surface area contributed by atoms with Crippen LogP contribution >= 0.6 is 0 Å². The molecule has 0 atom stereocenters. The van der Waals surface area contributed by atoms with Gasteiger partial charge in [0.1, 0.15) is 11.6 Å². The molecular formula is C20H26N4O4. The van der Waals surface area contributed by atoms with Gasteiger partial charge >= 0.3 is 12.0 Å². The molecule has 2 rings (SSSR count). The minimum absolute atomic E-state index is 0.192. The Morgan fingerprint density at radius 1 is 1.39 bits per heavy atom. The van der Waals surface area contributed by atoms with Gasteiger partial charge in [0.05, 0.1) is 0 Å². The molecular weight excluding hydrogens is 360 g/mol. The first kappa shape index (κ1) is 21.2. The van der Waals surface area contributed by atoms with E-state index < -0.39 is 24.5 Å². The first-order chi connectivity index (χ1) is 13.2. The summed E-state index contributed by atoms with van der Waals surface area (Å²) in [4.78, 5) is 36.6. The number of rotatable bonds is 7. The molecule has 8 nitrogen and oxygen atoms in total. The first-order valence-electron chi connectivity index (χ1n) is 9.28. The summed E-state index contributed by atoms with van der Waals surface area (Å²) >= 11 is 0. The Bertz CT molecular complexity index is 845. The number of nitrogens with zero attached hydrogens (tertiary/aromatic N) is 3. The Morgan fingerprint density at radius 3 is 2.68 bits per heavy atom. The average molecular weight is 386 g/mol. The summed E-state index contributed by atoms with van der Waals surface area (Å²) in [5.74, 6) is -0.935. The van der Waals surface area contributed by atoms with Gasteiger partial charge in [-0.25, -0.2) is 9.59 Å². The van der Waals surface area contributed by atoms with Crippen molar-refractivity contribution in [3.05, 3.63) is 28.6 Å². The summed E-state index contributed by atoms with van der Waals surface area (Å²) in [6, 6.07) is 3.24. The number of amides is 3. The minimum Gasteiger partial charge on any atom is -0.451 e. The van der Waals surface area contributed by atoms with Crippen LogP contribution in [0.4, 0.5) is 4.79 Å². The highest BCUT2D eigenvalue weighted by molar-refractivity contribution is 6.01. The first-order valence-corrected chi connectivity index (χ1v) is 9.28. The molecule has 1 saturated heterocycles. The van der Waals surface area contributed by atoms with E-state index in [1.807, 2.05) is 26.0 Å². The minimum atomic E-state index is -0.887. The Hall–Kier alpha value is -3.08. The van der Waals surface area contributed by atoms with Gasteiger partial charge in [0.15, 0.2) is 6.61 Å². The van der Waals surface area contributed by atoms with Gasteiger partial charge in [-0.1, -0.05) is 13.8 Å². The van der Waals surface area contributed by atoms with Gasteiger partial charge in [-0.15, -0.1) is 0 Å². The molecule has 1 aromatic heterocycles. The molecule has 1 aromatic rings. The van der Waals surface area contributed by atoms with E-state index in [4.69, 9.17) is 4.74 Å². The Kier molecular flexibility index (Phi) is 6.99. The summed E-state index contributed by atoms with van der Waals surface area (Å²) < 4.78 is 7.09. The number of imide groups is 1. The van der Waals surface area contributed by atoms with Crippen molar-refractivity contribution in [3.8, 4) is 6.07 Å². The quantitative estimate of drug-likeness (QED) is 0.439. The van der Waals surface area contributed by atoms with E-state index in [-0.39, 0.29) is 12.1 Å². The van der Waals surface area contributed by atoms with E-state index in [2.05, 4.69) is 23.7 Å². The van der Waals surface area contributed by atoms with Crippen LogP contribution in [0.25, 0.3) is 6.08 Å². The third-order valence-corrected chi connectivity index (χ3v) is 4.67. The van der Waals surface area contributed by atoms with Crippen LogP contribution in [-0.2, 0) is 20.9 Å². The molecule has 1 aliphatic heterocycles. The maximum atomic E-state index is 12.2. The smallest absolute Gasteiger partial charge is 0.349 e. The molecule has 1 fully saturated rings. The number of hydrogen-bond acceptors (Lipinski definition) is 5. The molecule has 1 aliphatic rings. The van der Waals surface area contributed by atoms with Crippen molar-refractivity contribution in [1.29, 1.82) is 5.26 Å². The second-order valence-corrected chi connectivity index (χ2v) is 7.18. The van der Waals surface area contributed by atoms with Crippen molar-refractivity contribution in [2.45, 2.75) is 40.7 Å². The molecule has 28 heavy (non-hydrogen) atoms. The fraction of sp³-hybridized carbons (Fsp3) is 0.500. The molecule has 0 unspecified atom stereocenters. The largest absolute Gasteiger partial charge is 0.451 e. The second kappa shape index (κ2) is 9.22. The molecule has 150 valence electrons. The number of urea groups is 1. The molecule has 2 heterocycles. The summed E-state index contributed by atoms with van der Waals surface area (Å²) in [6.45, 7) is 9.12. The number of aryl methyl sites for hydroxylation is 1. The monoisotopic (exact) mass is 386 g/mol. The lowest BCUT2D eigenvalue weighted by molar-refractivity contribution is -0.146. The maximum Gasteiger partial charge on any atom is 0.349 e. The van der Waals surface area contributed by atoms with Crippen molar-refractivity contribution in [1.82, 2.24) is 14.8 Å². The molecule has 0 aliphatic carbocycles. The standard InChI is InChI=1S/C20H26N4O4/c1-13(2)5-7-23-14(3)9-16(15(23)4)10-17(11-21)19(26)28-12-18(25)24-8-6-22-20(24)27/h9-10,13H,5-8,12H2,1-4H3,(H,22,27). The number of hydrogen-bond donors (Lipinski definition) is 1. The number of esters is 1. The zero-order chi connectivity index (χ0) is 20.8. The van der Waals surface area contributed by atoms with E-state index >= 15 is 0 Å². The lowest BCUT2D eigenvalue weighted by Crippen LogP contribution is -2.37. The molecule has 0 aromatic carbocycles. The second-order valence-electron chi connectivity index (χ2n) is 7.18. The maximum absolute atomic E-state index is 12.2. The van der Waals surface area contributed by atoms with Crippen molar-refractivity contribution < 1.29 is 19.1 Å². The summed E-state index contributed by atoms with van der Waals surface area (Å²) in [5.41, 5.74) is 2.58. The highest BCUT2D eigenvalue weighted by Gasteiger charge is 2.27. The molecule has 0 spiro atoms. The van der Waals surface area contributed by atoms with Gasteiger partial charge in [-0.2, -0.15) is 5.26 Å². The predicted molar refractivity (Wildman–Crippen MR) is 103 cm³/mol. The van der Waals surface area contributed by atoms with E-state index in [0.29, 0.717) is 12.5 Å². The van der Waals surface area contributed by atoms with Crippen LogP contribution in [-0.4, -0.2) is 47.1 Å². The fourth-order valence-corrected chi connectivity index (χ4v) is 2.99. The van der Waals surface area contributed by atoms with Crippen LogP contribution in [0.2, 0.25) is 0 Å². The number of carbonyl (C=O) groups is 3. The predicted octanol–water partition coefficient (Wildman–Crippen LogP) is 2.15. The van der Waals surface area contributed by atoms with Crippen LogP contribution < -0.4 is 5.32 Å². The highest BCUT2D eigenvalue weighted by Crippen LogP contribution is 2.20. The third-order valence-electron chi connectivity index (χ3n) is 4.67. The van der Waals surface area contributed by atoms with Crippen molar-refractivity contribution >= 4 is 24.0 Å². The number of nitriles is 1. The average Bonchev–Trinajstić information content (AvgIpc) is 3.18. The van der Waals surface area contributed by atoms with Gasteiger partial charge in [0.25, 0.3) is 5.91 Å². The molecule has 1 N–H and O–H groups in total. The van der Waals surface area contributed by atoms with Gasteiger partial charge in [0.2, 0.25) is 0 Å². The van der Waals surface area contributed by atoms with Gasteiger partial charge in [-0.05, 0) is 43.9 Å². The Morgan fingerprint density at radius 2 is 2.11 bits per heavy atom. The molecule has 0 radical (unpaired) electrons. The third kappa shape index (κ3) is 5.00. The normalized spacial score (nSPS) is 14.2. The summed E-state index contributed by atoms with van der Waals surface area (Å²) in [6.07, 6.45) is 2.50. The van der Waals surface area contributed by atoms with Crippen LogP contribution in [0.5, 0.6) is 0 Å². The number of carbonyl (C=O) groups excluding carboxylic acids is 3. The van der Waals surface area contributed by atoms with E-state index in [9.17, 15) is 19.6 Å². The Labute approximate surface area is 164 Å². The molecule has 8 heteroatoms. The van der Waals surface area contributed by atoms with Crippen molar-refractivity contribution in [3.63, 3.8) is 0 Å². The molecule has 0 bridgehead atoms. The van der Waals surface area contributed by atoms with E-state index in [1.165, 1.54) is 6.08 Å². The van der Waals surface area contributed by atoms with E-state index in [1.54, 1.807) is 0 Å². The van der Waals surface area contributed by atoms with Crippen LogP contribution in [0.3, 0.4) is 0 Å². The van der Waals surface area contributed by atoms with Crippen LogP contribution in [0.15, 0.2) is 11.6 Å².